The Morgan fingerprint density at radius 2 is 0.846 bits per heavy atom. The first-order chi connectivity index (χ1) is 31.6. The van der Waals surface area contributed by atoms with Crippen LogP contribution in [0.4, 0.5) is 0 Å². The maximum Gasteiger partial charge on any atom is 0.472 e. The molecule has 0 amide bonds. The van der Waals surface area contributed by atoms with E-state index in [1.54, 1.807) is 0 Å². The Hall–Kier alpha value is -3.10. The van der Waals surface area contributed by atoms with Gasteiger partial charge in [0.25, 0.3) is 0 Å². The van der Waals surface area contributed by atoms with E-state index in [-0.39, 0.29) is 25.8 Å². The van der Waals surface area contributed by atoms with E-state index in [1.807, 2.05) is 21.1 Å². The number of nitrogens with zero attached hydrogens (tertiary/aromatic N) is 1. The van der Waals surface area contributed by atoms with E-state index >= 15 is 0 Å². The lowest BCUT2D eigenvalue weighted by Crippen LogP contribution is -2.37. The molecule has 9 heteroatoms. The van der Waals surface area contributed by atoms with E-state index in [4.69, 9.17) is 18.5 Å². The first-order valence-corrected chi connectivity index (χ1v) is 26.8. The van der Waals surface area contributed by atoms with E-state index in [0.717, 1.165) is 122 Å². The van der Waals surface area contributed by atoms with Gasteiger partial charge in [0, 0.05) is 13.0 Å². The zero-order valence-corrected chi connectivity index (χ0v) is 42.8. The van der Waals surface area contributed by atoms with Gasteiger partial charge in [0.15, 0.2) is 0 Å². The summed E-state index contributed by atoms with van der Waals surface area (Å²) in [5, 5.41) is 0. The van der Waals surface area contributed by atoms with Crippen molar-refractivity contribution < 1.29 is 37.3 Å². The normalized spacial score (nSPS) is 14.6. The molecule has 0 heterocycles. The van der Waals surface area contributed by atoms with Crippen LogP contribution in [0.1, 0.15) is 168 Å². The van der Waals surface area contributed by atoms with Crippen LogP contribution in [0.3, 0.4) is 0 Å². The summed E-state index contributed by atoms with van der Waals surface area (Å²) in [6.07, 6.45) is 68.2. The summed E-state index contributed by atoms with van der Waals surface area (Å²) in [4.78, 5) is 23.0. The van der Waals surface area contributed by atoms with Crippen LogP contribution in [0.5, 0.6) is 0 Å². The lowest BCUT2D eigenvalue weighted by Gasteiger charge is -2.24. The first kappa shape index (κ1) is 61.9. The van der Waals surface area contributed by atoms with Crippen LogP contribution in [0.25, 0.3) is 0 Å². The minimum Gasteiger partial charge on any atom is -0.457 e. The summed E-state index contributed by atoms with van der Waals surface area (Å²) in [5.74, 6) is -0.339. The number of hydrogen-bond donors (Lipinski definition) is 1. The van der Waals surface area contributed by atoms with E-state index in [1.165, 1.54) is 25.7 Å². The van der Waals surface area contributed by atoms with Gasteiger partial charge in [-0.15, -0.1) is 0 Å². The van der Waals surface area contributed by atoms with Crippen molar-refractivity contribution in [1.82, 2.24) is 0 Å². The highest BCUT2D eigenvalue weighted by Gasteiger charge is 2.26. The van der Waals surface area contributed by atoms with Gasteiger partial charge in [-0.2, -0.15) is 0 Å². The third-order valence-corrected chi connectivity index (χ3v) is 11.0. The molecule has 0 aliphatic carbocycles. The largest absolute Gasteiger partial charge is 0.472 e. The molecule has 370 valence electrons. The van der Waals surface area contributed by atoms with E-state index < -0.39 is 13.9 Å². The zero-order chi connectivity index (χ0) is 47.6. The molecule has 0 fully saturated rings. The van der Waals surface area contributed by atoms with Gasteiger partial charge in [0.2, 0.25) is 0 Å². The molecule has 1 N–H and O–H groups in total. The van der Waals surface area contributed by atoms with Crippen molar-refractivity contribution in [3.63, 3.8) is 0 Å². The number of carbonyl (C=O) groups is 1. The molecular formula is C56H95NO7P+. The number of allylic oxidation sites excluding steroid dienone is 20. The first-order valence-electron chi connectivity index (χ1n) is 25.3. The van der Waals surface area contributed by atoms with Gasteiger partial charge in [-0.05, 0) is 103 Å². The smallest absolute Gasteiger partial charge is 0.457 e. The van der Waals surface area contributed by atoms with Crippen LogP contribution in [-0.4, -0.2) is 75.6 Å². The summed E-state index contributed by atoms with van der Waals surface area (Å²) in [7, 11) is 1.62. The fraction of sp³-hybridized carbons (Fsp3) is 0.625. The van der Waals surface area contributed by atoms with E-state index in [9.17, 15) is 14.3 Å². The second kappa shape index (κ2) is 47.4. The van der Waals surface area contributed by atoms with Crippen LogP contribution < -0.4 is 0 Å². The number of ether oxygens (including phenoxy) is 2. The highest BCUT2D eigenvalue weighted by Crippen LogP contribution is 2.43. The molecule has 0 aromatic rings. The summed E-state index contributed by atoms with van der Waals surface area (Å²) >= 11 is 0. The van der Waals surface area contributed by atoms with E-state index in [2.05, 4.69) is 135 Å². The van der Waals surface area contributed by atoms with Crippen molar-refractivity contribution >= 4 is 13.8 Å². The number of likely N-dealkylation sites (N-methyl/N-ethyl adjacent to an activating group) is 1. The Kier molecular flexibility index (Phi) is 45.1. The van der Waals surface area contributed by atoms with E-state index in [0.29, 0.717) is 24.1 Å². The zero-order valence-electron chi connectivity index (χ0n) is 41.9. The molecule has 0 radical (unpaired) electrons. The Labute approximate surface area is 399 Å². The number of phosphoric ester groups is 1. The second-order valence-corrected chi connectivity index (χ2v) is 18.9. The van der Waals surface area contributed by atoms with Gasteiger partial charge < -0.3 is 18.9 Å². The number of phosphoric acid groups is 1. The monoisotopic (exact) mass is 925 g/mol. The SMILES string of the molecule is CC/C=C\C/C=C\C/C=C\C/C=C\C/C=C\C/C=C\C/C=C\CCCCCCOCC(COP(=O)(O)OCC[N+](C)(C)C)OC(=O)CCCCCCCCC/C=C\C/C=C\C/C=C\CC. The van der Waals surface area contributed by atoms with Crippen LogP contribution in [0, 0.1) is 0 Å². The lowest BCUT2D eigenvalue weighted by atomic mass is 10.1. The van der Waals surface area contributed by atoms with Crippen LogP contribution in [0.2, 0.25) is 0 Å². The maximum absolute atomic E-state index is 12.7. The molecule has 0 spiro atoms. The van der Waals surface area contributed by atoms with Gasteiger partial charge in [-0.3, -0.25) is 13.8 Å². The van der Waals surface area contributed by atoms with Crippen LogP contribution in [0.15, 0.2) is 122 Å². The fourth-order valence-electron chi connectivity index (χ4n) is 6.19. The predicted molar refractivity (Wildman–Crippen MR) is 279 cm³/mol. The maximum atomic E-state index is 12.7. The van der Waals surface area contributed by atoms with Crippen molar-refractivity contribution in [1.29, 1.82) is 0 Å². The Bertz CT molecular complexity index is 1450. The number of quaternary nitrogens is 1. The molecular weight excluding hydrogens is 830 g/mol. The van der Waals surface area contributed by atoms with Crippen LogP contribution in [-0.2, 0) is 27.9 Å². The van der Waals surface area contributed by atoms with Crippen molar-refractivity contribution in [3.8, 4) is 0 Å². The Morgan fingerprint density at radius 3 is 1.26 bits per heavy atom. The average Bonchev–Trinajstić information content (AvgIpc) is 3.27. The summed E-state index contributed by atoms with van der Waals surface area (Å²) in [6, 6.07) is 0. The molecule has 0 saturated carbocycles. The highest BCUT2D eigenvalue weighted by molar-refractivity contribution is 7.47. The van der Waals surface area contributed by atoms with Crippen molar-refractivity contribution in [2.24, 2.45) is 0 Å². The molecule has 65 heavy (non-hydrogen) atoms. The summed E-state index contributed by atoms with van der Waals surface area (Å²) < 4.78 is 35.1. The molecule has 0 aliphatic heterocycles. The number of hydrogen-bond acceptors (Lipinski definition) is 6. The molecule has 8 nitrogen and oxygen atoms in total. The number of unbranched alkanes of at least 4 members (excludes halogenated alkanes) is 11. The molecule has 0 bridgehead atoms. The quantitative estimate of drug-likeness (QED) is 0.0214. The fourth-order valence-corrected chi connectivity index (χ4v) is 6.93. The van der Waals surface area contributed by atoms with Crippen molar-refractivity contribution in [2.45, 2.75) is 174 Å². The van der Waals surface area contributed by atoms with Gasteiger partial charge in [0.05, 0.1) is 34.4 Å². The third kappa shape index (κ3) is 51.7. The molecule has 2 atom stereocenters. The van der Waals surface area contributed by atoms with Gasteiger partial charge in [0.1, 0.15) is 19.3 Å². The summed E-state index contributed by atoms with van der Waals surface area (Å²) in [6.45, 7) is 5.29. The summed E-state index contributed by atoms with van der Waals surface area (Å²) in [5.41, 5.74) is 0. The van der Waals surface area contributed by atoms with Gasteiger partial charge in [-0.1, -0.05) is 180 Å². The highest BCUT2D eigenvalue weighted by atomic mass is 31.2. The van der Waals surface area contributed by atoms with Crippen molar-refractivity contribution in [3.05, 3.63) is 122 Å². The Morgan fingerprint density at radius 1 is 0.477 bits per heavy atom. The number of carbonyl (C=O) groups excluding carboxylic acids is 1. The minimum absolute atomic E-state index is 0.0734. The average molecular weight is 925 g/mol. The molecule has 0 rings (SSSR count). The van der Waals surface area contributed by atoms with Crippen LogP contribution >= 0.6 is 7.82 Å². The molecule has 0 aromatic carbocycles. The van der Waals surface area contributed by atoms with Crippen molar-refractivity contribution in [2.75, 3.05) is 54.1 Å². The molecule has 0 saturated heterocycles. The topological polar surface area (TPSA) is 91.3 Å². The lowest BCUT2D eigenvalue weighted by molar-refractivity contribution is -0.870. The third-order valence-electron chi connectivity index (χ3n) is 10.0. The number of rotatable bonds is 45. The minimum atomic E-state index is -4.30. The Balaban J connectivity index is 4.26. The number of esters is 1. The molecule has 0 aliphatic rings. The van der Waals surface area contributed by atoms with Gasteiger partial charge in [-0.25, -0.2) is 4.57 Å². The standard InChI is InChI=1S/C56H94NO7P/c1-6-8-10-12-14-16-18-20-22-24-25-26-27-28-29-30-31-32-34-36-38-40-42-44-46-48-51-61-53-55(54-63-65(59,60)62-52-50-57(3,4)5)64-56(58)49-47-45-43-41-39-37-35-33-23-21-19-17-15-13-11-9-7-2/h8-11,14-17,20-23,25-26,28-29,31-32,36,38,55H,6-7,12-13,18-19,24,27,30,33-35,37,39-54H2,1-5H3/p+1/b10-8-,11-9-,16-14-,17-15-,22-20-,23-21-,26-25-,29-28-,32-31-,38-36-. The molecule has 2 unspecified atom stereocenters. The van der Waals surface area contributed by atoms with Gasteiger partial charge >= 0.3 is 13.8 Å². The molecule has 0 aromatic heterocycles. The predicted octanol–water partition coefficient (Wildman–Crippen LogP) is 15.7. The second-order valence-electron chi connectivity index (χ2n) is 17.4.